The smallest absolute Gasteiger partial charge is 0.251 e. The minimum Gasteiger partial charge on any atom is -0.381 e. The maximum atomic E-state index is 13.2. The molecule has 23 heavy (non-hydrogen) atoms. The number of carbonyl (C=O) groups excluding carboxylic acids is 1. The Labute approximate surface area is 134 Å². The summed E-state index contributed by atoms with van der Waals surface area (Å²) in [4.78, 5) is 14.5. The Balaban J connectivity index is 1.46. The lowest BCUT2D eigenvalue weighted by Gasteiger charge is -2.33. The number of amides is 1. The molecule has 126 valence electrons. The van der Waals surface area contributed by atoms with Crippen molar-refractivity contribution in [2.24, 2.45) is 5.92 Å². The van der Waals surface area contributed by atoms with Gasteiger partial charge in [0.05, 0.1) is 6.61 Å². The van der Waals surface area contributed by atoms with E-state index in [-0.39, 0.29) is 17.5 Å². The van der Waals surface area contributed by atoms with Crippen molar-refractivity contribution in [3.8, 4) is 0 Å². The Kier molecular flexibility index (Phi) is 5.23. The molecule has 0 radical (unpaired) electrons. The summed E-state index contributed by atoms with van der Waals surface area (Å²) in [6.07, 6.45) is 2.89. The van der Waals surface area contributed by atoms with Gasteiger partial charge in [0, 0.05) is 37.8 Å². The zero-order valence-electron chi connectivity index (χ0n) is 13.1. The van der Waals surface area contributed by atoms with Gasteiger partial charge in [0.25, 0.3) is 5.91 Å². The van der Waals surface area contributed by atoms with Crippen molar-refractivity contribution in [3.05, 3.63) is 35.4 Å². The summed E-state index contributed by atoms with van der Waals surface area (Å²) in [7, 11) is 0. The van der Waals surface area contributed by atoms with E-state index in [1.54, 1.807) is 0 Å². The van der Waals surface area contributed by atoms with Crippen LogP contribution in [0.2, 0.25) is 0 Å². The molecule has 0 aliphatic carbocycles. The molecule has 1 aromatic carbocycles. The summed E-state index contributed by atoms with van der Waals surface area (Å²) < 4.78 is 31.5. The first-order chi connectivity index (χ1) is 11.1. The molecule has 0 spiro atoms. The van der Waals surface area contributed by atoms with Gasteiger partial charge < -0.3 is 15.0 Å². The highest BCUT2D eigenvalue weighted by atomic mass is 19.2. The lowest BCUT2D eigenvalue weighted by molar-refractivity contribution is 0.0902. The number of nitrogens with one attached hydrogen (secondary N) is 1. The van der Waals surface area contributed by atoms with Gasteiger partial charge in [-0.25, -0.2) is 8.78 Å². The van der Waals surface area contributed by atoms with E-state index in [0.29, 0.717) is 5.92 Å². The second-order valence-electron chi connectivity index (χ2n) is 6.41. The number of rotatable bonds is 4. The molecule has 1 amide bonds. The molecule has 1 aromatic rings. The number of carbonyl (C=O) groups is 1. The van der Waals surface area contributed by atoms with Gasteiger partial charge in [-0.1, -0.05) is 0 Å². The molecule has 4 nitrogen and oxygen atoms in total. The van der Waals surface area contributed by atoms with Gasteiger partial charge in [-0.15, -0.1) is 0 Å². The van der Waals surface area contributed by atoms with Crippen molar-refractivity contribution >= 4 is 5.91 Å². The van der Waals surface area contributed by atoms with Crippen LogP contribution >= 0.6 is 0 Å². The average Bonchev–Trinajstić information content (AvgIpc) is 3.05. The fourth-order valence-electron chi connectivity index (χ4n) is 3.26. The minimum atomic E-state index is -0.994. The van der Waals surface area contributed by atoms with E-state index in [1.165, 1.54) is 6.07 Å². The standard InChI is InChI=1S/C17H22F2N2O2/c18-15-2-1-13(9-16(15)19)17(22)20-14-3-6-21(7-4-14)10-12-5-8-23-11-12/h1-2,9,12,14H,3-8,10-11H2,(H,20,22)/t12-/m1/s1. The van der Waals surface area contributed by atoms with Crippen LogP contribution in [0.15, 0.2) is 18.2 Å². The predicted octanol–water partition coefficient (Wildman–Crippen LogP) is 2.20. The zero-order valence-corrected chi connectivity index (χ0v) is 13.1. The molecule has 2 saturated heterocycles. The molecule has 1 N–H and O–H groups in total. The maximum Gasteiger partial charge on any atom is 0.251 e. The number of halogens is 2. The first kappa shape index (κ1) is 16.3. The number of nitrogens with zero attached hydrogens (tertiary/aromatic N) is 1. The molecule has 3 rings (SSSR count). The van der Waals surface area contributed by atoms with Gasteiger partial charge >= 0.3 is 0 Å². The molecule has 2 aliphatic rings. The van der Waals surface area contributed by atoms with E-state index in [4.69, 9.17) is 4.74 Å². The number of likely N-dealkylation sites (tertiary alicyclic amines) is 1. The van der Waals surface area contributed by atoms with Gasteiger partial charge in [-0.05, 0) is 43.4 Å². The molecule has 1 atom stereocenters. The van der Waals surface area contributed by atoms with Crippen LogP contribution in [0.25, 0.3) is 0 Å². The highest BCUT2D eigenvalue weighted by Crippen LogP contribution is 2.18. The second kappa shape index (κ2) is 7.36. The summed E-state index contributed by atoms with van der Waals surface area (Å²) >= 11 is 0. The molecule has 0 saturated carbocycles. The molecule has 2 aliphatic heterocycles. The normalized spacial score (nSPS) is 23.1. The number of piperidine rings is 1. The first-order valence-corrected chi connectivity index (χ1v) is 8.18. The Morgan fingerprint density at radius 3 is 2.65 bits per heavy atom. The van der Waals surface area contributed by atoms with E-state index < -0.39 is 11.6 Å². The maximum absolute atomic E-state index is 13.2. The van der Waals surface area contributed by atoms with Crippen LogP contribution in [0.3, 0.4) is 0 Å². The summed E-state index contributed by atoms with van der Waals surface area (Å²) in [5, 5.41) is 2.92. The van der Waals surface area contributed by atoms with E-state index in [0.717, 1.165) is 64.2 Å². The molecular formula is C17H22F2N2O2. The number of hydrogen-bond donors (Lipinski definition) is 1. The molecule has 0 bridgehead atoms. The highest BCUT2D eigenvalue weighted by molar-refractivity contribution is 5.94. The van der Waals surface area contributed by atoms with Gasteiger partial charge in [-0.3, -0.25) is 4.79 Å². The Hall–Kier alpha value is -1.53. The zero-order chi connectivity index (χ0) is 16.2. The van der Waals surface area contributed by atoms with Crippen molar-refractivity contribution in [1.82, 2.24) is 10.2 Å². The summed E-state index contributed by atoms with van der Waals surface area (Å²) in [5.41, 5.74) is 0.162. The minimum absolute atomic E-state index is 0.0895. The number of benzene rings is 1. The topological polar surface area (TPSA) is 41.6 Å². The Morgan fingerprint density at radius 2 is 2.00 bits per heavy atom. The van der Waals surface area contributed by atoms with Crippen molar-refractivity contribution < 1.29 is 18.3 Å². The first-order valence-electron chi connectivity index (χ1n) is 8.18. The molecule has 6 heteroatoms. The van der Waals surface area contributed by atoms with Gasteiger partial charge in [0.1, 0.15) is 0 Å². The third-order valence-corrected chi connectivity index (χ3v) is 4.64. The fourth-order valence-corrected chi connectivity index (χ4v) is 3.26. The Bertz CT molecular complexity index is 554. The summed E-state index contributed by atoms with van der Waals surface area (Å²) in [5.74, 6) is -1.65. The van der Waals surface area contributed by atoms with Crippen LogP contribution in [-0.4, -0.2) is 49.7 Å². The van der Waals surface area contributed by atoms with Crippen LogP contribution in [0.4, 0.5) is 8.78 Å². The lowest BCUT2D eigenvalue weighted by Crippen LogP contribution is -2.45. The van der Waals surface area contributed by atoms with Crippen LogP contribution in [0.5, 0.6) is 0 Å². The predicted molar refractivity (Wildman–Crippen MR) is 82.2 cm³/mol. The SMILES string of the molecule is O=C(NC1CCN(C[C@H]2CCOC2)CC1)c1ccc(F)c(F)c1. The van der Waals surface area contributed by atoms with Gasteiger partial charge in [-0.2, -0.15) is 0 Å². The summed E-state index contributed by atoms with van der Waals surface area (Å²) in [6, 6.07) is 3.33. The van der Waals surface area contributed by atoms with Crippen LogP contribution in [-0.2, 0) is 4.74 Å². The van der Waals surface area contributed by atoms with E-state index in [1.807, 2.05) is 0 Å². The van der Waals surface area contributed by atoms with Gasteiger partial charge in [0.2, 0.25) is 0 Å². The molecule has 0 unspecified atom stereocenters. The Morgan fingerprint density at radius 1 is 1.22 bits per heavy atom. The van der Waals surface area contributed by atoms with Crippen LogP contribution in [0.1, 0.15) is 29.6 Å². The molecule has 0 aromatic heterocycles. The number of ether oxygens (including phenoxy) is 1. The van der Waals surface area contributed by atoms with Crippen molar-refractivity contribution in [2.75, 3.05) is 32.8 Å². The van der Waals surface area contributed by atoms with E-state index in [2.05, 4.69) is 10.2 Å². The third kappa shape index (κ3) is 4.26. The van der Waals surface area contributed by atoms with Crippen molar-refractivity contribution in [1.29, 1.82) is 0 Å². The molecule has 2 heterocycles. The lowest BCUT2D eigenvalue weighted by atomic mass is 10.0. The highest BCUT2D eigenvalue weighted by Gasteiger charge is 2.25. The summed E-state index contributed by atoms with van der Waals surface area (Å²) in [6.45, 7) is 4.67. The van der Waals surface area contributed by atoms with E-state index >= 15 is 0 Å². The van der Waals surface area contributed by atoms with Crippen LogP contribution in [0, 0.1) is 17.6 Å². The average molecular weight is 324 g/mol. The van der Waals surface area contributed by atoms with Crippen molar-refractivity contribution in [2.45, 2.75) is 25.3 Å². The van der Waals surface area contributed by atoms with Crippen LogP contribution < -0.4 is 5.32 Å². The van der Waals surface area contributed by atoms with E-state index in [9.17, 15) is 13.6 Å². The molecule has 2 fully saturated rings. The fraction of sp³-hybridized carbons (Fsp3) is 0.588. The van der Waals surface area contributed by atoms with Crippen molar-refractivity contribution in [3.63, 3.8) is 0 Å². The quantitative estimate of drug-likeness (QED) is 0.923. The molecular weight excluding hydrogens is 302 g/mol. The third-order valence-electron chi connectivity index (χ3n) is 4.64. The largest absolute Gasteiger partial charge is 0.381 e. The monoisotopic (exact) mass is 324 g/mol. The van der Waals surface area contributed by atoms with Gasteiger partial charge in [0.15, 0.2) is 11.6 Å². The number of hydrogen-bond acceptors (Lipinski definition) is 3. The second-order valence-corrected chi connectivity index (χ2v) is 6.41.